The van der Waals surface area contributed by atoms with Crippen LogP contribution in [0.1, 0.15) is 17.2 Å². The van der Waals surface area contributed by atoms with Crippen molar-refractivity contribution in [3.05, 3.63) is 63.1 Å². The molecule has 0 fully saturated rings. The van der Waals surface area contributed by atoms with Crippen LogP contribution in [-0.2, 0) is 0 Å². The Morgan fingerprint density at radius 1 is 1.20 bits per heavy atom. The minimum absolute atomic E-state index is 0.427. The predicted octanol–water partition coefficient (Wildman–Crippen LogP) is 4.27. The highest BCUT2D eigenvalue weighted by atomic mass is 79.9. The van der Waals surface area contributed by atoms with E-state index in [2.05, 4.69) is 21.2 Å². The number of aliphatic hydroxyl groups is 1. The number of amides is 1. The first-order valence-corrected chi connectivity index (χ1v) is 6.87. The summed E-state index contributed by atoms with van der Waals surface area (Å²) in [6, 6.07) is 11.7. The first kappa shape index (κ1) is 14.8. The summed E-state index contributed by atoms with van der Waals surface area (Å²) >= 11 is 9.14. The fourth-order valence-corrected chi connectivity index (χ4v) is 2.50. The van der Waals surface area contributed by atoms with Gasteiger partial charge in [-0.15, -0.1) is 0 Å². The molecule has 0 aliphatic rings. The molecule has 1 amide bonds. The Kier molecular flexibility index (Phi) is 4.65. The van der Waals surface area contributed by atoms with Crippen molar-refractivity contribution in [1.82, 2.24) is 0 Å². The topological polar surface area (TPSA) is 69.6 Å². The molecule has 0 bridgehead atoms. The van der Waals surface area contributed by atoms with Crippen molar-refractivity contribution in [1.29, 1.82) is 0 Å². The van der Waals surface area contributed by atoms with Crippen LogP contribution in [0.4, 0.5) is 10.5 Å². The molecule has 0 heterocycles. The highest BCUT2D eigenvalue weighted by Gasteiger charge is 2.14. The summed E-state index contributed by atoms with van der Waals surface area (Å²) in [4.78, 5) is 10.6. The maximum Gasteiger partial charge on any atom is 0.409 e. The van der Waals surface area contributed by atoms with Gasteiger partial charge in [0, 0.05) is 15.2 Å². The first-order valence-electron chi connectivity index (χ1n) is 5.70. The van der Waals surface area contributed by atoms with Gasteiger partial charge in [0.15, 0.2) is 0 Å². The van der Waals surface area contributed by atoms with E-state index < -0.39 is 12.2 Å². The van der Waals surface area contributed by atoms with Gasteiger partial charge in [0.1, 0.15) is 6.10 Å². The monoisotopic (exact) mass is 355 g/mol. The maximum atomic E-state index is 10.6. The molecule has 20 heavy (non-hydrogen) atoms. The van der Waals surface area contributed by atoms with E-state index in [1.54, 1.807) is 42.5 Å². The second-order valence-electron chi connectivity index (χ2n) is 4.12. The Morgan fingerprint density at radius 2 is 1.85 bits per heavy atom. The van der Waals surface area contributed by atoms with Crippen molar-refractivity contribution in [2.45, 2.75) is 6.10 Å². The smallest absolute Gasteiger partial charge is 0.409 e. The van der Waals surface area contributed by atoms with Crippen LogP contribution in [0.2, 0.25) is 5.02 Å². The average Bonchev–Trinajstić information content (AvgIpc) is 2.38. The molecule has 0 aliphatic heterocycles. The third kappa shape index (κ3) is 3.50. The number of rotatable bonds is 3. The molecule has 1 atom stereocenters. The highest BCUT2D eigenvalue weighted by molar-refractivity contribution is 9.10. The lowest BCUT2D eigenvalue weighted by Crippen LogP contribution is -2.08. The van der Waals surface area contributed by atoms with Crippen LogP contribution in [0.25, 0.3) is 0 Å². The number of carboxylic acid groups (broad SMARTS) is 1. The second kappa shape index (κ2) is 6.26. The summed E-state index contributed by atoms with van der Waals surface area (Å²) in [5, 5.41) is 21.8. The molecule has 0 saturated carbocycles. The van der Waals surface area contributed by atoms with Gasteiger partial charge in [-0.1, -0.05) is 45.7 Å². The molecule has 0 radical (unpaired) electrons. The minimum atomic E-state index is -1.14. The van der Waals surface area contributed by atoms with Crippen LogP contribution < -0.4 is 5.32 Å². The van der Waals surface area contributed by atoms with Gasteiger partial charge in [-0.25, -0.2) is 4.79 Å². The van der Waals surface area contributed by atoms with Gasteiger partial charge in [0.05, 0.1) is 0 Å². The number of carbonyl (C=O) groups is 1. The van der Waals surface area contributed by atoms with E-state index in [0.717, 1.165) is 0 Å². The Balaban J connectivity index is 2.28. The summed E-state index contributed by atoms with van der Waals surface area (Å²) in [6.45, 7) is 0. The zero-order valence-electron chi connectivity index (χ0n) is 10.2. The van der Waals surface area contributed by atoms with E-state index in [9.17, 15) is 9.90 Å². The van der Waals surface area contributed by atoms with E-state index in [1.807, 2.05) is 0 Å². The predicted molar refractivity (Wildman–Crippen MR) is 81.3 cm³/mol. The Morgan fingerprint density at radius 3 is 2.40 bits per heavy atom. The van der Waals surface area contributed by atoms with Crippen LogP contribution in [0.3, 0.4) is 0 Å². The molecule has 2 rings (SSSR count). The van der Waals surface area contributed by atoms with Crippen molar-refractivity contribution in [3.8, 4) is 0 Å². The molecule has 0 spiro atoms. The number of hydrogen-bond donors (Lipinski definition) is 3. The summed E-state index contributed by atoms with van der Waals surface area (Å²) in [7, 11) is 0. The van der Waals surface area contributed by atoms with Crippen molar-refractivity contribution >= 4 is 39.3 Å². The Hall–Kier alpha value is -1.56. The van der Waals surface area contributed by atoms with E-state index in [4.69, 9.17) is 16.7 Å². The van der Waals surface area contributed by atoms with Crippen molar-refractivity contribution in [3.63, 3.8) is 0 Å². The average molecular weight is 357 g/mol. The molecule has 104 valence electrons. The SMILES string of the molecule is O=C(O)Nc1ccc(C(O)c2ccc(Cl)cc2)c(Br)c1. The zero-order valence-corrected chi connectivity index (χ0v) is 12.5. The van der Waals surface area contributed by atoms with Crippen molar-refractivity contribution in [2.24, 2.45) is 0 Å². The summed E-state index contributed by atoms with van der Waals surface area (Å²) in [5.74, 6) is 0. The molecular formula is C14H11BrClNO3. The molecule has 3 N–H and O–H groups in total. The van der Waals surface area contributed by atoms with Gasteiger partial charge < -0.3 is 10.2 Å². The minimum Gasteiger partial charge on any atom is -0.465 e. The standard InChI is InChI=1S/C14H11BrClNO3/c15-12-7-10(17-14(19)20)5-6-11(12)13(18)8-1-3-9(16)4-2-8/h1-7,13,17-18H,(H,19,20). The summed E-state index contributed by atoms with van der Waals surface area (Å²) < 4.78 is 0.617. The van der Waals surface area contributed by atoms with E-state index in [1.165, 1.54) is 0 Å². The van der Waals surface area contributed by atoms with Crippen molar-refractivity contribution in [2.75, 3.05) is 5.32 Å². The normalized spacial score (nSPS) is 11.9. The summed E-state index contributed by atoms with van der Waals surface area (Å²) in [6.07, 6.45) is -1.96. The first-order chi connectivity index (χ1) is 9.47. The van der Waals surface area contributed by atoms with Gasteiger partial charge in [-0.05, 0) is 35.4 Å². The third-order valence-corrected chi connectivity index (χ3v) is 3.67. The number of halogens is 2. The van der Waals surface area contributed by atoms with E-state index in [-0.39, 0.29) is 0 Å². The fraction of sp³-hybridized carbons (Fsp3) is 0.0714. The molecule has 1 unspecified atom stereocenters. The van der Waals surface area contributed by atoms with Gasteiger partial charge >= 0.3 is 6.09 Å². The highest BCUT2D eigenvalue weighted by Crippen LogP contribution is 2.31. The molecule has 4 nitrogen and oxygen atoms in total. The lowest BCUT2D eigenvalue weighted by Gasteiger charge is -2.14. The number of anilines is 1. The fourth-order valence-electron chi connectivity index (χ4n) is 1.77. The number of aliphatic hydroxyl groups excluding tert-OH is 1. The second-order valence-corrected chi connectivity index (χ2v) is 5.41. The molecule has 0 aliphatic carbocycles. The van der Waals surface area contributed by atoms with Crippen LogP contribution in [-0.4, -0.2) is 16.3 Å². The third-order valence-electron chi connectivity index (χ3n) is 2.73. The van der Waals surface area contributed by atoms with E-state index >= 15 is 0 Å². The van der Waals surface area contributed by atoms with Crippen LogP contribution >= 0.6 is 27.5 Å². The van der Waals surface area contributed by atoms with Gasteiger partial charge in [0.25, 0.3) is 0 Å². The largest absolute Gasteiger partial charge is 0.465 e. The number of hydrogen-bond acceptors (Lipinski definition) is 2. The zero-order chi connectivity index (χ0) is 14.7. The lowest BCUT2D eigenvalue weighted by molar-refractivity contribution is 0.210. The lowest BCUT2D eigenvalue weighted by atomic mass is 10.0. The van der Waals surface area contributed by atoms with Gasteiger partial charge in [-0.3, -0.25) is 5.32 Å². The molecule has 0 aromatic heterocycles. The number of nitrogens with one attached hydrogen (secondary N) is 1. The summed E-state index contributed by atoms with van der Waals surface area (Å²) in [5.41, 5.74) is 1.77. The van der Waals surface area contributed by atoms with Crippen molar-refractivity contribution < 1.29 is 15.0 Å². The van der Waals surface area contributed by atoms with Crippen LogP contribution in [0, 0.1) is 0 Å². The molecule has 2 aromatic carbocycles. The Labute approximate surface area is 129 Å². The molecular weight excluding hydrogens is 346 g/mol. The maximum absolute atomic E-state index is 10.6. The quantitative estimate of drug-likeness (QED) is 0.769. The van der Waals surface area contributed by atoms with E-state index in [0.29, 0.717) is 26.3 Å². The Bertz CT molecular complexity index is 631. The number of benzene rings is 2. The van der Waals surface area contributed by atoms with Gasteiger partial charge in [0.2, 0.25) is 0 Å². The molecule has 0 saturated heterocycles. The van der Waals surface area contributed by atoms with Gasteiger partial charge in [-0.2, -0.15) is 0 Å². The van der Waals surface area contributed by atoms with Crippen LogP contribution in [0.15, 0.2) is 46.9 Å². The van der Waals surface area contributed by atoms with Crippen LogP contribution in [0.5, 0.6) is 0 Å². The molecule has 2 aromatic rings. The molecule has 6 heteroatoms.